The number of aryl methyl sites for hydroxylation is 1. The zero-order valence-electron chi connectivity index (χ0n) is 10.7. The van der Waals surface area contributed by atoms with Gasteiger partial charge in [0.25, 0.3) is 0 Å². The lowest BCUT2D eigenvalue weighted by Crippen LogP contribution is -2.31. The third-order valence-electron chi connectivity index (χ3n) is 3.08. The molecule has 2 N–H and O–H groups in total. The van der Waals surface area contributed by atoms with Crippen molar-refractivity contribution in [1.82, 2.24) is 5.32 Å². The summed E-state index contributed by atoms with van der Waals surface area (Å²) in [7, 11) is 0. The third-order valence-corrected chi connectivity index (χ3v) is 4.31. The number of hydrogen-bond acceptors (Lipinski definition) is 3. The van der Waals surface area contributed by atoms with E-state index in [1.54, 1.807) is 0 Å². The van der Waals surface area contributed by atoms with E-state index < -0.39 is 0 Å². The number of carbonyl (C=O) groups excluding carboxylic acids is 1. The molecule has 98 valence electrons. The summed E-state index contributed by atoms with van der Waals surface area (Å²) in [5.41, 5.74) is 2.06. The number of hydrogen-bond donors (Lipinski definition) is 2. The topological polar surface area (TPSA) is 41.1 Å². The monoisotopic (exact) mass is 264 g/mol. The van der Waals surface area contributed by atoms with Crippen LogP contribution in [0.15, 0.2) is 24.3 Å². The molecule has 1 heterocycles. The number of nitrogens with one attached hydrogen (secondary N) is 2. The average Bonchev–Trinajstić information content (AvgIpc) is 2.85. The predicted octanol–water partition coefficient (Wildman–Crippen LogP) is 2.28. The molecule has 0 aromatic heterocycles. The van der Waals surface area contributed by atoms with Crippen LogP contribution in [-0.2, 0) is 4.79 Å². The Balaban J connectivity index is 1.66. The second-order valence-corrected chi connectivity index (χ2v) is 5.92. The summed E-state index contributed by atoms with van der Waals surface area (Å²) >= 11 is 2.00. The summed E-state index contributed by atoms with van der Waals surface area (Å²) in [5, 5.41) is 6.12. The van der Waals surface area contributed by atoms with E-state index >= 15 is 0 Å². The van der Waals surface area contributed by atoms with E-state index in [4.69, 9.17) is 0 Å². The van der Waals surface area contributed by atoms with Crippen LogP contribution in [0.5, 0.6) is 0 Å². The maximum atomic E-state index is 11.7. The van der Waals surface area contributed by atoms with Gasteiger partial charge in [-0.25, -0.2) is 0 Å². The van der Waals surface area contributed by atoms with Crippen molar-refractivity contribution in [3.05, 3.63) is 29.8 Å². The average molecular weight is 264 g/mol. The van der Waals surface area contributed by atoms with Crippen LogP contribution >= 0.6 is 11.8 Å². The molecule has 1 saturated heterocycles. The van der Waals surface area contributed by atoms with Gasteiger partial charge in [-0.1, -0.05) is 17.7 Å². The van der Waals surface area contributed by atoms with Gasteiger partial charge in [0.1, 0.15) is 0 Å². The van der Waals surface area contributed by atoms with E-state index in [2.05, 4.69) is 10.6 Å². The summed E-state index contributed by atoms with van der Waals surface area (Å²) < 4.78 is 0. The van der Waals surface area contributed by atoms with E-state index in [1.165, 1.54) is 23.5 Å². The summed E-state index contributed by atoms with van der Waals surface area (Å²) in [6.07, 6.45) is 1.28. The van der Waals surface area contributed by atoms with E-state index in [0.717, 1.165) is 18.2 Å². The Morgan fingerprint density at radius 2 is 2.17 bits per heavy atom. The fourth-order valence-corrected chi connectivity index (χ4v) is 3.26. The van der Waals surface area contributed by atoms with Gasteiger partial charge in [-0.15, -0.1) is 0 Å². The molecule has 1 aromatic carbocycles. The van der Waals surface area contributed by atoms with Crippen molar-refractivity contribution in [3.8, 4) is 0 Å². The van der Waals surface area contributed by atoms with Crippen molar-refractivity contribution < 1.29 is 4.79 Å². The molecule has 4 heteroatoms. The molecular formula is C14H20N2OS. The number of amides is 1. The van der Waals surface area contributed by atoms with Crippen LogP contribution in [0.3, 0.4) is 0 Å². The fraction of sp³-hybridized carbons (Fsp3) is 0.500. The molecule has 1 unspecified atom stereocenters. The van der Waals surface area contributed by atoms with Gasteiger partial charge in [0.2, 0.25) is 5.91 Å². The summed E-state index contributed by atoms with van der Waals surface area (Å²) in [6, 6.07) is 7.86. The van der Waals surface area contributed by atoms with Gasteiger partial charge in [0.15, 0.2) is 0 Å². The van der Waals surface area contributed by atoms with Crippen LogP contribution in [0, 0.1) is 12.8 Å². The minimum Gasteiger partial charge on any atom is -0.325 e. The molecule has 3 nitrogen and oxygen atoms in total. The van der Waals surface area contributed by atoms with Gasteiger partial charge >= 0.3 is 0 Å². The van der Waals surface area contributed by atoms with E-state index in [0.29, 0.717) is 6.54 Å². The highest BCUT2D eigenvalue weighted by atomic mass is 32.2. The molecule has 1 amide bonds. The van der Waals surface area contributed by atoms with Crippen LogP contribution in [0.4, 0.5) is 5.69 Å². The molecular weight excluding hydrogens is 244 g/mol. The Kier molecular flexibility index (Phi) is 5.08. The first-order chi connectivity index (χ1) is 8.74. The minimum absolute atomic E-state index is 0.0319. The highest BCUT2D eigenvalue weighted by Crippen LogP contribution is 2.22. The smallest absolute Gasteiger partial charge is 0.238 e. The standard InChI is InChI=1S/C14H20N2OS/c1-11-2-4-13(5-3-11)16-14(17)9-15-8-12-6-7-18-10-12/h2-5,12,15H,6-10H2,1H3,(H,16,17). The molecule has 0 bridgehead atoms. The van der Waals surface area contributed by atoms with Crippen molar-refractivity contribution in [2.45, 2.75) is 13.3 Å². The van der Waals surface area contributed by atoms with Crippen molar-refractivity contribution in [2.75, 3.05) is 29.9 Å². The Morgan fingerprint density at radius 3 is 2.83 bits per heavy atom. The maximum absolute atomic E-state index is 11.7. The van der Waals surface area contributed by atoms with Gasteiger partial charge in [0.05, 0.1) is 6.54 Å². The summed E-state index contributed by atoms with van der Waals surface area (Å²) in [5.74, 6) is 3.26. The highest BCUT2D eigenvalue weighted by molar-refractivity contribution is 7.99. The predicted molar refractivity (Wildman–Crippen MR) is 78.1 cm³/mol. The minimum atomic E-state index is 0.0319. The number of benzene rings is 1. The van der Waals surface area contributed by atoms with Crippen molar-refractivity contribution in [1.29, 1.82) is 0 Å². The first-order valence-corrected chi connectivity index (χ1v) is 7.54. The molecule has 0 saturated carbocycles. The van der Waals surface area contributed by atoms with Crippen molar-refractivity contribution in [3.63, 3.8) is 0 Å². The Labute approximate surface area is 113 Å². The normalized spacial score (nSPS) is 18.8. The summed E-state index contributed by atoms with van der Waals surface area (Å²) in [6.45, 7) is 3.39. The zero-order chi connectivity index (χ0) is 12.8. The van der Waals surface area contributed by atoms with Gasteiger partial charge in [-0.05, 0) is 49.4 Å². The Morgan fingerprint density at radius 1 is 1.39 bits per heavy atom. The maximum Gasteiger partial charge on any atom is 0.238 e. The second kappa shape index (κ2) is 6.81. The second-order valence-electron chi connectivity index (χ2n) is 4.77. The number of carbonyl (C=O) groups is 1. The molecule has 1 aromatic rings. The van der Waals surface area contributed by atoms with Gasteiger partial charge in [-0.2, -0.15) is 11.8 Å². The lowest BCUT2D eigenvalue weighted by molar-refractivity contribution is -0.115. The quantitative estimate of drug-likeness (QED) is 0.857. The molecule has 0 aliphatic carbocycles. The fourth-order valence-electron chi connectivity index (χ4n) is 1.98. The van der Waals surface area contributed by atoms with E-state index in [-0.39, 0.29) is 5.91 Å². The van der Waals surface area contributed by atoms with Gasteiger partial charge in [0, 0.05) is 5.69 Å². The number of rotatable bonds is 5. The lowest BCUT2D eigenvalue weighted by Gasteiger charge is -2.10. The van der Waals surface area contributed by atoms with E-state index in [1.807, 2.05) is 43.0 Å². The SMILES string of the molecule is Cc1ccc(NC(=O)CNCC2CCSC2)cc1. The van der Waals surface area contributed by atoms with Crippen LogP contribution in [0.1, 0.15) is 12.0 Å². The largest absolute Gasteiger partial charge is 0.325 e. The lowest BCUT2D eigenvalue weighted by atomic mass is 10.1. The molecule has 0 radical (unpaired) electrons. The van der Waals surface area contributed by atoms with Gasteiger partial charge in [-0.3, -0.25) is 4.79 Å². The number of anilines is 1. The van der Waals surface area contributed by atoms with Crippen molar-refractivity contribution in [2.24, 2.45) is 5.92 Å². The van der Waals surface area contributed by atoms with E-state index in [9.17, 15) is 4.79 Å². The number of thioether (sulfide) groups is 1. The molecule has 0 spiro atoms. The Hall–Kier alpha value is -1.00. The Bertz CT molecular complexity index is 385. The van der Waals surface area contributed by atoms with Crippen LogP contribution in [-0.4, -0.2) is 30.5 Å². The van der Waals surface area contributed by atoms with Crippen LogP contribution < -0.4 is 10.6 Å². The molecule has 2 rings (SSSR count). The van der Waals surface area contributed by atoms with Crippen molar-refractivity contribution >= 4 is 23.4 Å². The molecule has 18 heavy (non-hydrogen) atoms. The first kappa shape index (κ1) is 13.4. The summed E-state index contributed by atoms with van der Waals surface area (Å²) in [4.78, 5) is 11.7. The van der Waals surface area contributed by atoms with Crippen LogP contribution in [0.2, 0.25) is 0 Å². The van der Waals surface area contributed by atoms with Crippen LogP contribution in [0.25, 0.3) is 0 Å². The zero-order valence-corrected chi connectivity index (χ0v) is 11.6. The molecule has 1 aliphatic rings. The third kappa shape index (κ3) is 4.35. The highest BCUT2D eigenvalue weighted by Gasteiger charge is 2.15. The first-order valence-electron chi connectivity index (χ1n) is 6.39. The molecule has 1 atom stereocenters. The molecule has 1 fully saturated rings. The molecule has 1 aliphatic heterocycles. The van der Waals surface area contributed by atoms with Gasteiger partial charge < -0.3 is 10.6 Å².